The summed E-state index contributed by atoms with van der Waals surface area (Å²) >= 11 is 0. The number of aromatic nitrogens is 3. The first kappa shape index (κ1) is 21.8. The van der Waals surface area contributed by atoms with E-state index in [-0.39, 0.29) is 17.9 Å². The maximum atomic E-state index is 12.7. The minimum Gasteiger partial charge on any atom is -0.493 e. The second kappa shape index (κ2) is 10.2. The zero-order chi connectivity index (χ0) is 21.5. The van der Waals surface area contributed by atoms with Crippen LogP contribution >= 0.6 is 0 Å². The molecular weight excluding hydrogens is 382 g/mol. The molecule has 0 fully saturated rings. The quantitative estimate of drug-likeness (QED) is 0.718. The molecule has 30 heavy (non-hydrogen) atoms. The van der Waals surface area contributed by atoms with E-state index in [4.69, 9.17) is 4.74 Å². The molecule has 2 amide bonds. The molecule has 1 unspecified atom stereocenters. The van der Waals surface area contributed by atoms with Gasteiger partial charge in [-0.2, -0.15) is 0 Å². The zero-order valence-electron chi connectivity index (χ0n) is 18.0. The molecule has 1 aromatic heterocycles. The number of carbonyl (C=O) groups excluding carboxylic acids is 2. The summed E-state index contributed by atoms with van der Waals surface area (Å²) in [5.41, 5.74) is 0. The molecule has 0 saturated carbocycles. The van der Waals surface area contributed by atoms with E-state index in [9.17, 15) is 9.59 Å². The molecule has 0 spiro atoms. The van der Waals surface area contributed by atoms with Crippen molar-refractivity contribution in [2.75, 3.05) is 19.7 Å². The van der Waals surface area contributed by atoms with Crippen molar-refractivity contribution in [1.29, 1.82) is 0 Å². The highest BCUT2D eigenvalue weighted by Gasteiger charge is 2.26. The molecule has 0 bridgehead atoms. The molecule has 162 valence electrons. The molecule has 8 heteroatoms. The molecule has 8 nitrogen and oxygen atoms in total. The highest BCUT2D eigenvalue weighted by Crippen LogP contribution is 2.22. The predicted octanol–water partition coefficient (Wildman–Crippen LogP) is 2.36. The molecule has 0 radical (unpaired) electrons. The predicted molar refractivity (Wildman–Crippen MR) is 113 cm³/mol. The number of benzene rings is 1. The summed E-state index contributed by atoms with van der Waals surface area (Å²) in [5.74, 6) is 2.80. The Bertz CT molecular complexity index is 850. The summed E-state index contributed by atoms with van der Waals surface area (Å²) in [7, 11) is 0. The summed E-state index contributed by atoms with van der Waals surface area (Å²) in [6, 6.07) is 9.34. The Morgan fingerprint density at radius 1 is 1.13 bits per heavy atom. The van der Waals surface area contributed by atoms with E-state index in [0.717, 1.165) is 23.8 Å². The number of amides is 2. The lowest BCUT2D eigenvalue weighted by Gasteiger charge is -2.22. The van der Waals surface area contributed by atoms with Crippen LogP contribution in [-0.2, 0) is 22.6 Å². The molecule has 1 aromatic carbocycles. The van der Waals surface area contributed by atoms with Gasteiger partial charge in [0.25, 0.3) is 0 Å². The van der Waals surface area contributed by atoms with Gasteiger partial charge in [0.2, 0.25) is 11.8 Å². The van der Waals surface area contributed by atoms with Crippen LogP contribution in [0.4, 0.5) is 0 Å². The molecular formula is C22H31N5O3. The lowest BCUT2D eigenvalue weighted by atomic mass is 10.0. The van der Waals surface area contributed by atoms with Crippen LogP contribution in [0.3, 0.4) is 0 Å². The van der Waals surface area contributed by atoms with Crippen LogP contribution < -0.4 is 10.1 Å². The average molecular weight is 414 g/mol. The largest absolute Gasteiger partial charge is 0.493 e. The molecule has 1 atom stereocenters. The fourth-order valence-electron chi connectivity index (χ4n) is 3.73. The average Bonchev–Trinajstić information content (AvgIpc) is 2.98. The SMILES string of the molecule is CC(=O)NC(CC(C)C)c1nnc2n1CCN(C(=O)CCOc1ccccc1)CC2. The summed E-state index contributed by atoms with van der Waals surface area (Å²) < 4.78 is 7.72. The molecule has 2 aromatic rings. The second-order valence-corrected chi connectivity index (χ2v) is 8.05. The molecule has 1 aliphatic rings. The zero-order valence-corrected chi connectivity index (χ0v) is 18.0. The smallest absolute Gasteiger partial charge is 0.226 e. The number of ether oxygens (including phenoxy) is 1. The number of para-hydroxylation sites is 1. The summed E-state index contributed by atoms with van der Waals surface area (Å²) in [6.07, 6.45) is 1.77. The fraction of sp³-hybridized carbons (Fsp3) is 0.545. The van der Waals surface area contributed by atoms with Gasteiger partial charge in [0.05, 0.1) is 19.1 Å². The van der Waals surface area contributed by atoms with E-state index in [0.29, 0.717) is 45.0 Å². The second-order valence-electron chi connectivity index (χ2n) is 8.05. The third-order valence-corrected chi connectivity index (χ3v) is 5.13. The van der Waals surface area contributed by atoms with Gasteiger partial charge in [-0.15, -0.1) is 10.2 Å². The first-order chi connectivity index (χ1) is 14.4. The van der Waals surface area contributed by atoms with Crippen molar-refractivity contribution in [3.8, 4) is 5.75 Å². The first-order valence-electron chi connectivity index (χ1n) is 10.6. The van der Waals surface area contributed by atoms with Crippen molar-refractivity contribution in [2.45, 2.75) is 52.6 Å². The van der Waals surface area contributed by atoms with Gasteiger partial charge in [-0.05, 0) is 24.5 Å². The Kier molecular flexibility index (Phi) is 7.43. The Hall–Kier alpha value is -2.90. The van der Waals surface area contributed by atoms with E-state index >= 15 is 0 Å². The van der Waals surface area contributed by atoms with Gasteiger partial charge in [-0.25, -0.2) is 0 Å². The van der Waals surface area contributed by atoms with Crippen LogP contribution in [-0.4, -0.2) is 51.2 Å². The Morgan fingerprint density at radius 2 is 1.90 bits per heavy atom. The number of hydrogen-bond donors (Lipinski definition) is 1. The topological polar surface area (TPSA) is 89.4 Å². The van der Waals surface area contributed by atoms with E-state index in [1.165, 1.54) is 6.92 Å². The third-order valence-electron chi connectivity index (χ3n) is 5.13. The number of rotatable bonds is 8. The number of nitrogens with zero attached hydrogens (tertiary/aromatic N) is 4. The summed E-state index contributed by atoms with van der Waals surface area (Å²) in [5, 5.41) is 11.7. The fourth-order valence-corrected chi connectivity index (χ4v) is 3.73. The molecule has 0 aliphatic carbocycles. The number of hydrogen-bond acceptors (Lipinski definition) is 5. The molecule has 3 rings (SSSR count). The van der Waals surface area contributed by atoms with Crippen LogP contribution in [0.15, 0.2) is 30.3 Å². The van der Waals surface area contributed by atoms with Gasteiger partial charge in [0.1, 0.15) is 11.6 Å². The maximum Gasteiger partial charge on any atom is 0.226 e. The van der Waals surface area contributed by atoms with Gasteiger partial charge >= 0.3 is 0 Å². The van der Waals surface area contributed by atoms with Gasteiger partial charge < -0.3 is 19.5 Å². The maximum absolute atomic E-state index is 12.7. The van der Waals surface area contributed by atoms with E-state index in [1.807, 2.05) is 35.2 Å². The van der Waals surface area contributed by atoms with E-state index in [2.05, 4.69) is 33.9 Å². The highest BCUT2D eigenvalue weighted by molar-refractivity contribution is 5.76. The van der Waals surface area contributed by atoms with Gasteiger partial charge in [0, 0.05) is 33.0 Å². The van der Waals surface area contributed by atoms with Crippen LogP contribution in [0, 0.1) is 5.92 Å². The lowest BCUT2D eigenvalue weighted by molar-refractivity contribution is -0.131. The Balaban J connectivity index is 1.59. The van der Waals surface area contributed by atoms with E-state index < -0.39 is 0 Å². The van der Waals surface area contributed by atoms with Crippen molar-refractivity contribution < 1.29 is 14.3 Å². The van der Waals surface area contributed by atoms with Crippen LogP contribution in [0.25, 0.3) is 0 Å². The lowest BCUT2D eigenvalue weighted by Crippen LogP contribution is -2.35. The van der Waals surface area contributed by atoms with Crippen LogP contribution in [0.2, 0.25) is 0 Å². The Morgan fingerprint density at radius 3 is 2.60 bits per heavy atom. The number of nitrogens with one attached hydrogen (secondary N) is 1. The molecule has 0 saturated heterocycles. The van der Waals surface area contributed by atoms with Crippen molar-refractivity contribution >= 4 is 11.8 Å². The van der Waals surface area contributed by atoms with Crippen LogP contribution in [0.1, 0.15) is 51.3 Å². The standard InChI is InChI=1S/C22H31N5O3/c1-16(2)15-19(23-17(3)28)22-25-24-20-9-11-26(12-13-27(20)22)21(29)10-14-30-18-7-5-4-6-8-18/h4-8,16,19H,9-15H2,1-3H3,(H,23,28). The molecule has 1 N–H and O–H groups in total. The monoisotopic (exact) mass is 413 g/mol. The number of fused-ring (bicyclic) bond motifs is 1. The van der Waals surface area contributed by atoms with Gasteiger partial charge in [-0.3, -0.25) is 9.59 Å². The minimum absolute atomic E-state index is 0.0757. The Labute approximate surface area is 177 Å². The van der Waals surface area contributed by atoms with Crippen molar-refractivity contribution in [3.05, 3.63) is 42.0 Å². The third kappa shape index (κ3) is 5.81. The summed E-state index contributed by atoms with van der Waals surface area (Å²) in [4.78, 5) is 26.2. The van der Waals surface area contributed by atoms with Gasteiger partial charge in [-0.1, -0.05) is 32.0 Å². The van der Waals surface area contributed by atoms with Crippen molar-refractivity contribution in [2.24, 2.45) is 5.92 Å². The van der Waals surface area contributed by atoms with Gasteiger partial charge in [0.15, 0.2) is 5.82 Å². The molecule has 2 heterocycles. The van der Waals surface area contributed by atoms with Crippen LogP contribution in [0.5, 0.6) is 5.75 Å². The molecule has 1 aliphatic heterocycles. The first-order valence-corrected chi connectivity index (χ1v) is 10.6. The highest BCUT2D eigenvalue weighted by atomic mass is 16.5. The number of carbonyl (C=O) groups is 2. The normalized spacial score (nSPS) is 14.7. The minimum atomic E-state index is -0.176. The van der Waals surface area contributed by atoms with Crippen molar-refractivity contribution in [3.63, 3.8) is 0 Å². The van der Waals surface area contributed by atoms with E-state index in [1.54, 1.807) is 0 Å². The summed E-state index contributed by atoms with van der Waals surface area (Å²) in [6.45, 7) is 7.94. The van der Waals surface area contributed by atoms with Crippen molar-refractivity contribution in [1.82, 2.24) is 25.0 Å².